The van der Waals surface area contributed by atoms with Crippen molar-refractivity contribution in [1.82, 2.24) is 5.32 Å². The molecule has 0 aliphatic carbocycles. The number of rotatable bonds is 2. The Kier molecular flexibility index (Phi) is 2.47. The van der Waals surface area contributed by atoms with E-state index >= 15 is 0 Å². The summed E-state index contributed by atoms with van der Waals surface area (Å²) in [5, 5.41) is 3.52. The molecule has 0 amide bonds. The third-order valence-electron chi connectivity index (χ3n) is 2.47. The van der Waals surface area contributed by atoms with Crippen LogP contribution < -0.4 is 5.32 Å². The second kappa shape index (κ2) is 3.76. The molecule has 1 aromatic rings. The van der Waals surface area contributed by atoms with E-state index in [0.717, 1.165) is 6.42 Å². The molecule has 2 nitrogen and oxygen atoms in total. The van der Waals surface area contributed by atoms with Crippen LogP contribution in [0.4, 0.5) is 0 Å². The first-order chi connectivity index (χ1) is 5.95. The molecule has 0 aromatic carbocycles. The first kappa shape index (κ1) is 7.87. The molecule has 12 heavy (non-hydrogen) atoms. The van der Waals surface area contributed by atoms with E-state index in [0.29, 0.717) is 6.04 Å². The summed E-state index contributed by atoms with van der Waals surface area (Å²) in [7, 11) is 0. The zero-order chi connectivity index (χ0) is 8.23. The minimum atomic E-state index is 0.677. The minimum absolute atomic E-state index is 0.677. The Morgan fingerprint density at radius 2 is 2.50 bits per heavy atom. The van der Waals surface area contributed by atoms with E-state index in [4.69, 9.17) is 4.42 Å². The van der Waals surface area contributed by atoms with Gasteiger partial charge in [-0.3, -0.25) is 0 Å². The van der Waals surface area contributed by atoms with Gasteiger partial charge in [0.25, 0.3) is 0 Å². The van der Waals surface area contributed by atoms with Crippen molar-refractivity contribution in [1.29, 1.82) is 0 Å². The number of hydrogen-bond donors (Lipinski definition) is 1. The summed E-state index contributed by atoms with van der Waals surface area (Å²) in [6.07, 6.45) is 8.73. The summed E-state index contributed by atoms with van der Waals surface area (Å²) < 4.78 is 5.03. The van der Waals surface area contributed by atoms with Crippen LogP contribution in [-0.2, 0) is 6.42 Å². The Hall–Kier alpha value is -0.760. The normalized spacial score (nSPS) is 24.2. The zero-order valence-corrected chi connectivity index (χ0v) is 7.25. The van der Waals surface area contributed by atoms with Crippen molar-refractivity contribution in [2.75, 3.05) is 6.54 Å². The molecular formula is C10H15NO. The van der Waals surface area contributed by atoms with Crippen molar-refractivity contribution in [2.24, 2.45) is 0 Å². The Morgan fingerprint density at radius 3 is 3.17 bits per heavy atom. The molecule has 1 atom stereocenters. The van der Waals surface area contributed by atoms with Crippen molar-refractivity contribution in [2.45, 2.75) is 31.7 Å². The van der Waals surface area contributed by atoms with Crippen LogP contribution in [0.15, 0.2) is 23.0 Å². The van der Waals surface area contributed by atoms with Gasteiger partial charge < -0.3 is 9.73 Å². The van der Waals surface area contributed by atoms with E-state index in [1.165, 1.54) is 31.4 Å². The van der Waals surface area contributed by atoms with Crippen LogP contribution in [0.3, 0.4) is 0 Å². The maximum atomic E-state index is 5.03. The van der Waals surface area contributed by atoms with E-state index in [2.05, 4.69) is 11.4 Å². The van der Waals surface area contributed by atoms with Gasteiger partial charge in [0.2, 0.25) is 0 Å². The van der Waals surface area contributed by atoms with Gasteiger partial charge in [-0.15, -0.1) is 0 Å². The number of piperidine rings is 1. The highest BCUT2D eigenvalue weighted by molar-refractivity contribution is 5.07. The number of furan rings is 1. The smallest absolute Gasteiger partial charge is 0.0935 e. The van der Waals surface area contributed by atoms with Gasteiger partial charge in [-0.05, 0) is 37.4 Å². The van der Waals surface area contributed by atoms with Crippen molar-refractivity contribution < 1.29 is 4.42 Å². The van der Waals surface area contributed by atoms with E-state index in [9.17, 15) is 0 Å². The van der Waals surface area contributed by atoms with Gasteiger partial charge in [0.05, 0.1) is 12.5 Å². The zero-order valence-electron chi connectivity index (χ0n) is 7.25. The molecule has 2 heteroatoms. The summed E-state index contributed by atoms with van der Waals surface area (Å²) in [5.74, 6) is 0. The Labute approximate surface area is 73.0 Å². The van der Waals surface area contributed by atoms with Crippen molar-refractivity contribution >= 4 is 0 Å². The van der Waals surface area contributed by atoms with Crippen LogP contribution in [0, 0.1) is 0 Å². The van der Waals surface area contributed by atoms with E-state index in [1.807, 2.05) is 6.26 Å². The van der Waals surface area contributed by atoms with Crippen LogP contribution in [0.5, 0.6) is 0 Å². The predicted octanol–water partition coefficient (Wildman–Crippen LogP) is 1.96. The highest BCUT2D eigenvalue weighted by atomic mass is 16.3. The van der Waals surface area contributed by atoms with E-state index < -0.39 is 0 Å². The molecular weight excluding hydrogens is 150 g/mol. The molecule has 0 bridgehead atoms. The van der Waals surface area contributed by atoms with Gasteiger partial charge >= 0.3 is 0 Å². The fourth-order valence-corrected chi connectivity index (χ4v) is 1.79. The van der Waals surface area contributed by atoms with Crippen molar-refractivity contribution in [3.8, 4) is 0 Å². The van der Waals surface area contributed by atoms with E-state index in [1.54, 1.807) is 6.26 Å². The number of hydrogen-bond acceptors (Lipinski definition) is 2. The molecule has 2 rings (SSSR count). The third kappa shape index (κ3) is 1.89. The fraction of sp³-hybridized carbons (Fsp3) is 0.600. The summed E-state index contributed by atoms with van der Waals surface area (Å²) >= 11 is 0. The first-order valence-corrected chi connectivity index (χ1v) is 4.69. The fourth-order valence-electron chi connectivity index (χ4n) is 1.79. The van der Waals surface area contributed by atoms with Gasteiger partial charge in [0.15, 0.2) is 0 Å². The predicted molar refractivity (Wildman–Crippen MR) is 48.1 cm³/mol. The lowest BCUT2D eigenvalue weighted by molar-refractivity contribution is 0.398. The molecule has 0 radical (unpaired) electrons. The van der Waals surface area contributed by atoms with Crippen LogP contribution in [0.25, 0.3) is 0 Å². The molecule has 2 heterocycles. The Balaban J connectivity index is 1.86. The summed E-state index contributed by atoms with van der Waals surface area (Å²) in [6.45, 7) is 1.18. The quantitative estimate of drug-likeness (QED) is 0.724. The van der Waals surface area contributed by atoms with Crippen molar-refractivity contribution in [3.05, 3.63) is 24.2 Å². The molecule has 1 aliphatic rings. The van der Waals surface area contributed by atoms with Gasteiger partial charge in [0, 0.05) is 6.04 Å². The molecule has 1 unspecified atom stereocenters. The summed E-state index contributed by atoms with van der Waals surface area (Å²) in [4.78, 5) is 0. The second-order valence-electron chi connectivity index (χ2n) is 3.48. The third-order valence-corrected chi connectivity index (χ3v) is 2.47. The average Bonchev–Trinajstić information content (AvgIpc) is 2.59. The Morgan fingerprint density at radius 1 is 1.50 bits per heavy atom. The lowest BCUT2D eigenvalue weighted by Gasteiger charge is -2.22. The van der Waals surface area contributed by atoms with Gasteiger partial charge in [-0.2, -0.15) is 0 Å². The molecule has 1 aliphatic heterocycles. The lowest BCUT2D eigenvalue weighted by atomic mass is 9.99. The maximum absolute atomic E-state index is 5.03. The summed E-state index contributed by atoms with van der Waals surface area (Å²) in [6, 6.07) is 2.73. The highest BCUT2D eigenvalue weighted by Gasteiger charge is 2.12. The number of nitrogens with one attached hydrogen (secondary N) is 1. The molecule has 1 fully saturated rings. The molecule has 1 saturated heterocycles. The standard InChI is InChI=1S/C10H15NO/c1-2-5-11-10(3-1)7-9-4-6-12-8-9/h4,6,8,10-11H,1-3,5,7H2. The first-order valence-electron chi connectivity index (χ1n) is 4.69. The minimum Gasteiger partial charge on any atom is -0.472 e. The highest BCUT2D eigenvalue weighted by Crippen LogP contribution is 2.12. The van der Waals surface area contributed by atoms with Gasteiger partial charge in [-0.25, -0.2) is 0 Å². The van der Waals surface area contributed by atoms with Crippen molar-refractivity contribution in [3.63, 3.8) is 0 Å². The van der Waals surface area contributed by atoms with Crippen LogP contribution >= 0.6 is 0 Å². The van der Waals surface area contributed by atoms with Crippen LogP contribution in [-0.4, -0.2) is 12.6 Å². The SMILES string of the molecule is c1cc(CC2CCCCN2)co1. The molecule has 66 valence electrons. The average molecular weight is 165 g/mol. The molecule has 1 N–H and O–H groups in total. The monoisotopic (exact) mass is 165 g/mol. The second-order valence-corrected chi connectivity index (χ2v) is 3.48. The topological polar surface area (TPSA) is 25.2 Å². The van der Waals surface area contributed by atoms with E-state index in [-0.39, 0.29) is 0 Å². The summed E-state index contributed by atoms with van der Waals surface area (Å²) in [5.41, 5.74) is 1.31. The lowest BCUT2D eigenvalue weighted by Crippen LogP contribution is -2.35. The van der Waals surface area contributed by atoms with Gasteiger partial charge in [0.1, 0.15) is 0 Å². The molecule has 0 spiro atoms. The largest absolute Gasteiger partial charge is 0.472 e. The van der Waals surface area contributed by atoms with Gasteiger partial charge in [-0.1, -0.05) is 6.42 Å². The maximum Gasteiger partial charge on any atom is 0.0935 e. The van der Waals surface area contributed by atoms with Crippen LogP contribution in [0.1, 0.15) is 24.8 Å². The molecule has 1 aromatic heterocycles. The van der Waals surface area contributed by atoms with Crippen LogP contribution in [0.2, 0.25) is 0 Å². The Bertz CT molecular complexity index is 212. The molecule has 0 saturated carbocycles.